The second-order valence-electron chi connectivity index (χ2n) is 7.95. The normalized spacial score (nSPS) is 27.2. The topological polar surface area (TPSA) is 43.4 Å². The van der Waals surface area contributed by atoms with Crippen LogP contribution < -0.4 is 15.0 Å². The standard InChI is InChI=1S/C22H32N2O2/c1-16-15-24(3)17(2)14-20(16)23-12-11-19(22-10-7-13-26-22)18-8-5-6-9-21(18)25-4/h5-10,13,16-17,19-20,23H,11-12,14-15H2,1-4H3/p+2/t16-,17-,19+,20+/m1/s1. The fraction of sp³-hybridized carbons (Fsp3) is 0.545. The summed E-state index contributed by atoms with van der Waals surface area (Å²) in [7, 11) is 4.07. The number of rotatable bonds is 7. The first-order valence-electron chi connectivity index (χ1n) is 9.92. The van der Waals surface area contributed by atoms with Gasteiger partial charge in [0.25, 0.3) is 0 Å². The van der Waals surface area contributed by atoms with Crippen LogP contribution in [0, 0.1) is 5.92 Å². The Morgan fingerprint density at radius 3 is 2.77 bits per heavy atom. The molecule has 0 spiro atoms. The van der Waals surface area contributed by atoms with Gasteiger partial charge in [0.05, 0.1) is 63.9 Å². The number of nitrogens with two attached hydrogens (primary N) is 1. The smallest absolute Gasteiger partial charge is 0.122 e. The van der Waals surface area contributed by atoms with Gasteiger partial charge in [-0.3, -0.25) is 0 Å². The van der Waals surface area contributed by atoms with Crippen LogP contribution in [0.3, 0.4) is 0 Å². The lowest BCUT2D eigenvalue weighted by Gasteiger charge is -2.35. The number of benzene rings is 1. The van der Waals surface area contributed by atoms with Gasteiger partial charge in [0.15, 0.2) is 0 Å². The van der Waals surface area contributed by atoms with Gasteiger partial charge in [-0.25, -0.2) is 0 Å². The largest absolute Gasteiger partial charge is 0.496 e. The molecule has 1 aliphatic rings. The molecule has 2 heterocycles. The zero-order chi connectivity index (χ0) is 18.5. The minimum Gasteiger partial charge on any atom is -0.496 e. The van der Waals surface area contributed by atoms with E-state index in [4.69, 9.17) is 9.15 Å². The second kappa shape index (κ2) is 8.74. The number of piperidine rings is 1. The fourth-order valence-corrected chi connectivity index (χ4v) is 4.40. The SMILES string of the molecule is COc1ccccc1[C@H](CC[NH2+][C@H]1C[C@@H](C)[NH+](C)C[C@H]1C)c1ccco1. The third kappa shape index (κ3) is 4.30. The Labute approximate surface area is 157 Å². The average molecular weight is 359 g/mol. The molecule has 2 aromatic rings. The van der Waals surface area contributed by atoms with Crippen molar-refractivity contribution in [3.8, 4) is 5.75 Å². The Morgan fingerprint density at radius 2 is 2.04 bits per heavy atom. The molecule has 0 aliphatic carbocycles. The van der Waals surface area contributed by atoms with Gasteiger partial charge in [0, 0.05) is 12.0 Å². The van der Waals surface area contributed by atoms with Crippen LogP contribution in [0.4, 0.5) is 0 Å². The molecular weight excluding hydrogens is 324 g/mol. The Balaban J connectivity index is 1.68. The molecule has 0 bridgehead atoms. The van der Waals surface area contributed by atoms with Crippen LogP contribution in [0.25, 0.3) is 0 Å². The van der Waals surface area contributed by atoms with Gasteiger partial charge < -0.3 is 19.4 Å². The van der Waals surface area contributed by atoms with Gasteiger partial charge in [-0.1, -0.05) is 25.1 Å². The second-order valence-corrected chi connectivity index (χ2v) is 7.95. The summed E-state index contributed by atoms with van der Waals surface area (Å²) in [5.41, 5.74) is 1.22. The zero-order valence-corrected chi connectivity index (χ0v) is 16.6. The van der Waals surface area contributed by atoms with E-state index in [0.717, 1.165) is 42.5 Å². The van der Waals surface area contributed by atoms with Crippen molar-refractivity contribution in [2.75, 3.05) is 27.2 Å². The first-order valence-corrected chi connectivity index (χ1v) is 9.92. The lowest BCUT2D eigenvalue weighted by atomic mass is 9.88. The molecule has 1 fully saturated rings. The van der Waals surface area contributed by atoms with Crippen molar-refractivity contribution in [1.82, 2.24) is 0 Å². The van der Waals surface area contributed by atoms with Crippen molar-refractivity contribution in [3.05, 3.63) is 54.0 Å². The predicted octanol–water partition coefficient (Wildman–Crippen LogP) is 1.69. The maximum absolute atomic E-state index is 5.77. The van der Waals surface area contributed by atoms with E-state index in [1.165, 1.54) is 18.5 Å². The first-order chi connectivity index (χ1) is 12.6. The van der Waals surface area contributed by atoms with Gasteiger partial charge in [-0.2, -0.15) is 0 Å². The van der Waals surface area contributed by atoms with Crippen molar-refractivity contribution >= 4 is 0 Å². The van der Waals surface area contributed by atoms with Crippen molar-refractivity contribution in [2.24, 2.45) is 5.92 Å². The lowest BCUT2D eigenvalue weighted by Crippen LogP contribution is -3.16. The highest BCUT2D eigenvalue weighted by atomic mass is 16.5. The van der Waals surface area contributed by atoms with Gasteiger partial charge >= 0.3 is 0 Å². The maximum Gasteiger partial charge on any atom is 0.122 e. The quantitative estimate of drug-likeness (QED) is 0.791. The third-order valence-corrected chi connectivity index (χ3v) is 6.17. The molecular formula is C22H34N2O2+2. The molecule has 3 N–H and O–H groups in total. The molecule has 1 saturated heterocycles. The number of quaternary nitrogens is 2. The Bertz CT molecular complexity index is 671. The van der Waals surface area contributed by atoms with Gasteiger partial charge in [-0.15, -0.1) is 0 Å². The molecule has 1 aliphatic heterocycles. The summed E-state index contributed by atoms with van der Waals surface area (Å²) in [6.45, 7) is 7.16. The Morgan fingerprint density at radius 1 is 1.23 bits per heavy atom. The van der Waals surface area contributed by atoms with E-state index < -0.39 is 0 Å². The molecule has 0 amide bonds. The van der Waals surface area contributed by atoms with Crippen LogP contribution in [0.2, 0.25) is 0 Å². The molecule has 1 aromatic carbocycles. The number of hydrogen-bond acceptors (Lipinski definition) is 2. The minimum absolute atomic E-state index is 0.238. The summed E-state index contributed by atoms with van der Waals surface area (Å²) in [6, 6.07) is 13.9. The summed E-state index contributed by atoms with van der Waals surface area (Å²) in [5.74, 6) is 2.97. The zero-order valence-electron chi connectivity index (χ0n) is 16.6. The molecule has 26 heavy (non-hydrogen) atoms. The van der Waals surface area contributed by atoms with Crippen molar-refractivity contribution in [3.63, 3.8) is 0 Å². The summed E-state index contributed by atoms with van der Waals surface area (Å²) in [5, 5.41) is 2.57. The van der Waals surface area contributed by atoms with Gasteiger partial charge in [-0.05, 0) is 25.1 Å². The van der Waals surface area contributed by atoms with E-state index in [0.29, 0.717) is 0 Å². The van der Waals surface area contributed by atoms with E-state index in [2.05, 4.69) is 44.4 Å². The Kier molecular flexibility index (Phi) is 6.38. The molecule has 3 rings (SSSR count). The lowest BCUT2D eigenvalue weighted by molar-refractivity contribution is -0.922. The number of hydrogen-bond donors (Lipinski definition) is 2. The third-order valence-electron chi connectivity index (χ3n) is 6.17. The highest BCUT2D eigenvalue weighted by molar-refractivity contribution is 5.39. The van der Waals surface area contributed by atoms with Crippen molar-refractivity contribution in [1.29, 1.82) is 0 Å². The number of methoxy groups -OCH3 is 1. The number of nitrogens with one attached hydrogen (secondary N) is 1. The molecule has 142 valence electrons. The average Bonchev–Trinajstić information content (AvgIpc) is 3.17. The summed E-state index contributed by atoms with van der Waals surface area (Å²) >= 11 is 0. The minimum atomic E-state index is 0.238. The summed E-state index contributed by atoms with van der Waals surface area (Å²) in [4.78, 5) is 1.67. The highest BCUT2D eigenvalue weighted by Crippen LogP contribution is 2.34. The maximum atomic E-state index is 5.77. The van der Waals surface area contributed by atoms with E-state index in [1.54, 1.807) is 18.3 Å². The molecule has 5 atom stereocenters. The summed E-state index contributed by atoms with van der Waals surface area (Å²) < 4.78 is 11.4. The molecule has 1 aromatic heterocycles. The molecule has 4 heteroatoms. The highest BCUT2D eigenvalue weighted by Gasteiger charge is 2.34. The van der Waals surface area contributed by atoms with E-state index in [-0.39, 0.29) is 5.92 Å². The van der Waals surface area contributed by atoms with Crippen LogP contribution in [0.15, 0.2) is 47.1 Å². The predicted molar refractivity (Wildman–Crippen MR) is 104 cm³/mol. The summed E-state index contributed by atoms with van der Waals surface area (Å²) in [6.07, 6.45) is 4.12. The molecule has 0 radical (unpaired) electrons. The number of para-hydroxylation sites is 1. The van der Waals surface area contributed by atoms with Crippen LogP contribution in [0.1, 0.15) is 43.9 Å². The van der Waals surface area contributed by atoms with Crippen molar-refractivity contribution < 1.29 is 19.4 Å². The van der Waals surface area contributed by atoms with Gasteiger partial charge in [0.2, 0.25) is 0 Å². The molecule has 4 nitrogen and oxygen atoms in total. The van der Waals surface area contributed by atoms with E-state index in [1.807, 2.05) is 18.2 Å². The first kappa shape index (κ1) is 19.0. The van der Waals surface area contributed by atoms with E-state index >= 15 is 0 Å². The van der Waals surface area contributed by atoms with Crippen molar-refractivity contribution in [2.45, 2.75) is 44.7 Å². The number of furan rings is 1. The van der Waals surface area contributed by atoms with Crippen LogP contribution in [-0.4, -0.2) is 39.3 Å². The Hall–Kier alpha value is -1.78. The molecule has 1 unspecified atom stereocenters. The number of likely N-dealkylation sites (tertiary alicyclic amines) is 1. The van der Waals surface area contributed by atoms with E-state index in [9.17, 15) is 0 Å². The molecule has 0 saturated carbocycles. The monoisotopic (exact) mass is 358 g/mol. The van der Waals surface area contributed by atoms with Crippen LogP contribution in [0.5, 0.6) is 5.75 Å². The van der Waals surface area contributed by atoms with Crippen LogP contribution >= 0.6 is 0 Å². The fourth-order valence-electron chi connectivity index (χ4n) is 4.40. The van der Waals surface area contributed by atoms with Crippen LogP contribution in [-0.2, 0) is 0 Å². The number of ether oxygens (including phenoxy) is 1. The van der Waals surface area contributed by atoms with Gasteiger partial charge in [0.1, 0.15) is 11.5 Å².